The SMILES string of the molecule is CC1(C)CCC(n2cc(CCC(O)Cc3ccc(F)cc3)nn2)CN1C(=O)c1cn(C(C)(C)C)nc1-c1ccc(F)cc1F. The van der Waals surface area contributed by atoms with Gasteiger partial charge in [-0.15, -0.1) is 5.10 Å². The minimum Gasteiger partial charge on any atom is -0.393 e. The Kier molecular flexibility index (Phi) is 8.71. The van der Waals surface area contributed by atoms with Gasteiger partial charge in [0, 0.05) is 36.1 Å². The van der Waals surface area contributed by atoms with Crippen molar-refractivity contribution < 1.29 is 23.1 Å². The van der Waals surface area contributed by atoms with E-state index >= 15 is 0 Å². The predicted octanol–water partition coefficient (Wildman–Crippen LogP) is 6.11. The van der Waals surface area contributed by atoms with Crippen LogP contribution in [0, 0.1) is 17.5 Å². The number of aromatic nitrogens is 5. The summed E-state index contributed by atoms with van der Waals surface area (Å²) < 4.78 is 45.3. The Morgan fingerprint density at radius 1 is 1.07 bits per heavy atom. The van der Waals surface area contributed by atoms with Gasteiger partial charge >= 0.3 is 0 Å². The van der Waals surface area contributed by atoms with Gasteiger partial charge in [-0.3, -0.25) is 9.48 Å². The molecule has 11 heteroatoms. The summed E-state index contributed by atoms with van der Waals surface area (Å²) in [6.07, 6.45) is 5.76. The summed E-state index contributed by atoms with van der Waals surface area (Å²) in [7, 11) is 0. The second kappa shape index (κ2) is 12.2. The summed E-state index contributed by atoms with van der Waals surface area (Å²) in [5.74, 6) is -2.09. The number of amides is 1. The Hall–Kier alpha value is -3.99. The van der Waals surface area contributed by atoms with Crippen molar-refractivity contribution in [3.05, 3.63) is 89.1 Å². The van der Waals surface area contributed by atoms with Crippen LogP contribution in [0.1, 0.15) is 81.5 Å². The van der Waals surface area contributed by atoms with Crippen LogP contribution in [0.5, 0.6) is 0 Å². The van der Waals surface area contributed by atoms with E-state index in [1.165, 1.54) is 18.2 Å². The number of hydrogen-bond donors (Lipinski definition) is 1. The highest BCUT2D eigenvalue weighted by atomic mass is 19.1. The number of halogens is 3. The van der Waals surface area contributed by atoms with Crippen molar-refractivity contribution in [3.8, 4) is 11.3 Å². The molecule has 2 atom stereocenters. The lowest BCUT2D eigenvalue weighted by molar-refractivity contribution is 0.0309. The average molecular weight is 609 g/mol. The molecule has 1 aliphatic rings. The predicted molar refractivity (Wildman–Crippen MR) is 160 cm³/mol. The van der Waals surface area contributed by atoms with E-state index in [2.05, 4.69) is 15.4 Å². The van der Waals surface area contributed by atoms with Gasteiger partial charge in [-0.2, -0.15) is 5.10 Å². The van der Waals surface area contributed by atoms with E-state index in [1.54, 1.807) is 32.6 Å². The monoisotopic (exact) mass is 608 g/mol. The van der Waals surface area contributed by atoms with Gasteiger partial charge in [-0.25, -0.2) is 17.9 Å². The molecule has 234 valence electrons. The molecule has 0 aliphatic carbocycles. The van der Waals surface area contributed by atoms with Gasteiger partial charge in [0.2, 0.25) is 0 Å². The Morgan fingerprint density at radius 2 is 1.77 bits per heavy atom. The molecule has 5 rings (SSSR count). The number of carbonyl (C=O) groups excluding carboxylic acids is 1. The number of rotatable bonds is 8. The van der Waals surface area contributed by atoms with Gasteiger partial charge in [0.25, 0.3) is 5.91 Å². The van der Waals surface area contributed by atoms with Crippen molar-refractivity contribution in [2.75, 3.05) is 6.54 Å². The summed E-state index contributed by atoms with van der Waals surface area (Å²) in [4.78, 5) is 16.0. The largest absolute Gasteiger partial charge is 0.393 e. The molecule has 1 N–H and O–H groups in total. The van der Waals surface area contributed by atoms with Gasteiger partial charge < -0.3 is 10.0 Å². The highest BCUT2D eigenvalue weighted by molar-refractivity contribution is 6.00. The molecule has 2 unspecified atom stereocenters. The van der Waals surface area contributed by atoms with Crippen LogP contribution < -0.4 is 0 Å². The molecule has 0 bridgehead atoms. The number of aliphatic hydroxyl groups is 1. The third-order valence-corrected chi connectivity index (χ3v) is 8.33. The first kappa shape index (κ1) is 31.4. The number of hydrogen-bond acceptors (Lipinski definition) is 5. The van der Waals surface area contributed by atoms with E-state index in [0.29, 0.717) is 32.2 Å². The Labute approximate surface area is 255 Å². The van der Waals surface area contributed by atoms with Crippen LogP contribution in [0.2, 0.25) is 0 Å². The van der Waals surface area contributed by atoms with Gasteiger partial charge in [-0.05, 0) is 96.6 Å². The maximum atomic E-state index is 14.9. The molecule has 4 aromatic rings. The van der Waals surface area contributed by atoms with Gasteiger partial charge in [0.1, 0.15) is 23.1 Å². The number of benzene rings is 2. The quantitative estimate of drug-likeness (QED) is 0.261. The molecule has 2 aromatic carbocycles. The van der Waals surface area contributed by atoms with Crippen LogP contribution in [0.15, 0.2) is 54.9 Å². The second-order valence-electron chi connectivity index (χ2n) is 13.3. The first-order valence-electron chi connectivity index (χ1n) is 14.9. The zero-order valence-corrected chi connectivity index (χ0v) is 25.8. The molecule has 44 heavy (non-hydrogen) atoms. The zero-order chi connectivity index (χ0) is 31.8. The van der Waals surface area contributed by atoms with Gasteiger partial charge in [0.05, 0.1) is 28.9 Å². The van der Waals surface area contributed by atoms with Crippen LogP contribution in [-0.4, -0.2) is 58.9 Å². The van der Waals surface area contributed by atoms with Crippen molar-refractivity contribution in [2.45, 2.75) is 89.9 Å². The molecule has 1 saturated heterocycles. The molecule has 1 amide bonds. The zero-order valence-electron chi connectivity index (χ0n) is 25.8. The number of likely N-dealkylation sites (tertiary alicyclic amines) is 1. The summed E-state index contributed by atoms with van der Waals surface area (Å²) in [5.41, 5.74) is 1.09. The fourth-order valence-corrected chi connectivity index (χ4v) is 5.59. The summed E-state index contributed by atoms with van der Waals surface area (Å²) >= 11 is 0. The van der Waals surface area contributed by atoms with Crippen molar-refractivity contribution in [1.29, 1.82) is 0 Å². The van der Waals surface area contributed by atoms with Crippen molar-refractivity contribution >= 4 is 5.91 Å². The van der Waals surface area contributed by atoms with E-state index in [1.807, 2.05) is 40.8 Å². The molecular formula is C33H39F3N6O2. The van der Waals surface area contributed by atoms with Crippen molar-refractivity contribution in [3.63, 3.8) is 0 Å². The van der Waals surface area contributed by atoms with Crippen LogP contribution in [0.25, 0.3) is 11.3 Å². The van der Waals surface area contributed by atoms with E-state index in [-0.39, 0.29) is 34.6 Å². The maximum absolute atomic E-state index is 14.9. The van der Waals surface area contributed by atoms with Gasteiger partial charge in [0.15, 0.2) is 0 Å². The first-order valence-corrected chi connectivity index (χ1v) is 14.9. The summed E-state index contributed by atoms with van der Waals surface area (Å²) in [5, 5.41) is 23.8. The van der Waals surface area contributed by atoms with E-state index in [0.717, 1.165) is 29.8 Å². The number of aliphatic hydroxyl groups excluding tert-OH is 1. The topological polar surface area (TPSA) is 89.1 Å². The van der Waals surface area contributed by atoms with Crippen LogP contribution >= 0.6 is 0 Å². The normalized spacial score (nSPS) is 17.6. The molecule has 8 nitrogen and oxygen atoms in total. The fraction of sp³-hybridized carbons (Fsp3) is 0.455. The van der Waals surface area contributed by atoms with Crippen LogP contribution in [-0.2, 0) is 18.4 Å². The smallest absolute Gasteiger partial charge is 0.258 e. The molecule has 1 aliphatic heterocycles. The first-order chi connectivity index (χ1) is 20.7. The summed E-state index contributed by atoms with van der Waals surface area (Å²) in [6.45, 7) is 10.2. The lowest BCUT2D eigenvalue weighted by atomic mass is 9.87. The number of carbonyl (C=O) groups is 1. The highest BCUT2D eigenvalue weighted by Gasteiger charge is 2.40. The average Bonchev–Trinajstić information content (AvgIpc) is 3.61. The molecule has 0 spiro atoms. The standard InChI is InChI=1S/C33H39F3N6O2/c1-32(2,3)42-20-28(30(38-42)27-13-10-23(35)17-29(27)36)31(44)40-19-25(14-15-33(40,4)5)41-18-24(37-39-41)11-12-26(43)16-21-6-8-22(34)9-7-21/h6-10,13,17-18,20,25-26,43H,11-12,14-16,19H2,1-5H3. The third kappa shape index (κ3) is 6.88. The lowest BCUT2D eigenvalue weighted by Gasteiger charge is -2.45. The fourth-order valence-electron chi connectivity index (χ4n) is 5.59. The van der Waals surface area contributed by atoms with Crippen LogP contribution in [0.4, 0.5) is 13.2 Å². The molecule has 3 heterocycles. The maximum Gasteiger partial charge on any atom is 0.258 e. The molecule has 0 saturated carbocycles. The lowest BCUT2D eigenvalue weighted by Crippen LogP contribution is -2.53. The van der Waals surface area contributed by atoms with Crippen LogP contribution in [0.3, 0.4) is 0 Å². The third-order valence-electron chi connectivity index (χ3n) is 8.33. The Bertz CT molecular complexity index is 1620. The molecular weight excluding hydrogens is 569 g/mol. The minimum absolute atomic E-state index is 0.0617. The van der Waals surface area contributed by atoms with Crippen molar-refractivity contribution in [1.82, 2.24) is 29.7 Å². The van der Waals surface area contributed by atoms with Gasteiger partial charge in [-0.1, -0.05) is 17.3 Å². The summed E-state index contributed by atoms with van der Waals surface area (Å²) in [6, 6.07) is 9.23. The van der Waals surface area contributed by atoms with Crippen molar-refractivity contribution in [2.24, 2.45) is 0 Å². The number of aryl methyl sites for hydroxylation is 1. The van der Waals surface area contributed by atoms with E-state index in [4.69, 9.17) is 0 Å². The Balaban J connectivity index is 1.33. The molecule has 1 fully saturated rings. The van der Waals surface area contributed by atoms with E-state index < -0.39 is 28.8 Å². The highest BCUT2D eigenvalue weighted by Crippen LogP contribution is 2.36. The second-order valence-corrected chi connectivity index (χ2v) is 13.3. The van der Waals surface area contributed by atoms with E-state index in [9.17, 15) is 23.1 Å². The Morgan fingerprint density at radius 3 is 2.45 bits per heavy atom. The number of nitrogens with zero attached hydrogens (tertiary/aromatic N) is 6. The minimum atomic E-state index is -0.785. The molecule has 2 aromatic heterocycles. The number of piperidine rings is 1. The molecule has 0 radical (unpaired) electrons.